The van der Waals surface area contributed by atoms with Gasteiger partial charge in [-0.1, -0.05) is 0 Å². The van der Waals surface area contributed by atoms with Crippen molar-refractivity contribution in [2.75, 3.05) is 0 Å². The number of aromatic hydroxyl groups is 1. The standard InChI is InChI=1S/C14H13BF2N2O3/c16-11-5-8(15(21)22)6-12(17)10(11)7-19-4-2-9-13(19)1-3-18-14(9)20/h1-5,8,21-22H,6-7H2,(H,18,20). The SMILES string of the molecule is OB(O)C1C=C(F)C(Cn2ccc3c(O)nccc32)=C(F)C1. The number of fused-ring (bicyclic) bond motifs is 1. The van der Waals surface area contributed by atoms with Crippen molar-refractivity contribution in [2.45, 2.75) is 18.8 Å². The van der Waals surface area contributed by atoms with E-state index in [9.17, 15) is 13.9 Å². The first-order valence-corrected chi connectivity index (χ1v) is 6.71. The van der Waals surface area contributed by atoms with Gasteiger partial charge in [-0.2, -0.15) is 0 Å². The highest BCUT2D eigenvalue weighted by atomic mass is 19.1. The summed E-state index contributed by atoms with van der Waals surface area (Å²) in [6, 6.07) is 3.25. The topological polar surface area (TPSA) is 78.5 Å². The fourth-order valence-corrected chi connectivity index (χ4v) is 2.58. The summed E-state index contributed by atoms with van der Waals surface area (Å²) in [5.74, 6) is -2.65. The first kappa shape index (κ1) is 14.7. The molecule has 0 bridgehead atoms. The fraction of sp³-hybridized carbons (Fsp3) is 0.214. The molecule has 1 aliphatic carbocycles. The Hall–Kier alpha value is -2.19. The molecule has 1 aliphatic rings. The van der Waals surface area contributed by atoms with E-state index in [-0.39, 0.29) is 24.4 Å². The van der Waals surface area contributed by atoms with Gasteiger partial charge in [-0.3, -0.25) is 0 Å². The molecule has 0 fully saturated rings. The minimum absolute atomic E-state index is 0.0602. The van der Waals surface area contributed by atoms with Crippen LogP contribution in [0, 0.1) is 0 Å². The Morgan fingerprint density at radius 2 is 2.09 bits per heavy atom. The molecule has 1 unspecified atom stereocenters. The quantitative estimate of drug-likeness (QED) is 0.759. The summed E-state index contributed by atoms with van der Waals surface area (Å²) in [6.45, 7) is -0.0602. The van der Waals surface area contributed by atoms with Crippen LogP contribution in [-0.2, 0) is 6.54 Å². The summed E-state index contributed by atoms with van der Waals surface area (Å²) in [7, 11) is -1.80. The van der Waals surface area contributed by atoms with Crippen molar-refractivity contribution in [1.82, 2.24) is 9.55 Å². The average molecular weight is 306 g/mol. The second-order valence-corrected chi connectivity index (χ2v) is 5.19. The van der Waals surface area contributed by atoms with Crippen LogP contribution in [0.15, 0.2) is 47.8 Å². The monoisotopic (exact) mass is 306 g/mol. The zero-order valence-electron chi connectivity index (χ0n) is 11.4. The Balaban J connectivity index is 1.94. The number of hydrogen-bond acceptors (Lipinski definition) is 4. The Morgan fingerprint density at radius 3 is 2.77 bits per heavy atom. The number of allylic oxidation sites excluding steroid dienone is 4. The molecule has 0 saturated heterocycles. The molecule has 114 valence electrons. The summed E-state index contributed by atoms with van der Waals surface area (Å²) in [5.41, 5.74) is 0.468. The summed E-state index contributed by atoms with van der Waals surface area (Å²) in [4.78, 5) is 3.74. The van der Waals surface area contributed by atoms with Gasteiger partial charge in [0.1, 0.15) is 11.7 Å². The first-order chi connectivity index (χ1) is 10.5. The molecular formula is C14H13BF2N2O3. The van der Waals surface area contributed by atoms with E-state index in [1.807, 2.05) is 0 Å². The molecule has 0 saturated carbocycles. The van der Waals surface area contributed by atoms with Crippen molar-refractivity contribution in [3.8, 4) is 5.88 Å². The summed E-state index contributed by atoms with van der Waals surface area (Å²) in [6.07, 6.45) is 3.77. The predicted octanol–water partition coefficient (Wildman–Crippen LogP) is 2.07. The maximum atomic E-state index is 14.1. The molecule has 3 N–H and O–H groups in total. The minimum atomic E-state index is -1.80. The molecule has 5 nitrogen and oxygen atoms in total. The van der Waals surface area contributed by atoms with E-state index in [0.29, 0.717) is 10.9 Å². The van der Waals surface area contributed by atoms with Crippen LogP contribution in [0.5, 0.6) is 5.88 Å². The molecule has 8 heteroatoms. The fourth-order valence-electron chi connectivity index (χ4n) is 2.58. The largest absolute Gasteiger partial charge is 0.493 e. The number of aromatic nitrogens is 2. The molecule has 0 amide bonds. The molecule has 22 heavy (non-hydrogen) atoms. The predicted molar refractivity (Wildman–Crippen MR) is 77.3 cm³/mol. The maximum absolute atomic E-state index is 14.1. The molecule has 3 rings (SSSR count). The van der Waals surface area contributed by atoms with Gasteiger partial charge in [0, 0.05) is 30.2 Å². The normalized spacial score (nSPS) is 18.7. The van der Waals surface area contributed by atoms with E-state index in [1.165, 1.54) is 6.20 Å². The Bertz CT molecular complexity index is 785. The van der Waals surface area contributed by atoms with E-state index in [0.717, 1.165) is 6.08 Å². The van der Waals surface area contributed by atoms with Crippen molar-refractivity contribution in [2.24, 2.45) is 0 Å². The van der Waals surface area contributed by atoms with E-state index >= 15 is 0 Å². The first-order valence-electron chi connectivity index (χ1n) is 6.71. The van der Waals surface area contributed by atoms with Gasteiger partial charge in [-0.15, -0.1) is 0 Å². The highest BCUT2D eigenvalue weighted by Crippen LogP contribution is 2.36. The maximum Gasteiger partial charge on any atom is 0.459 e. The molecule has 2 heterocycles. The van der Waals surface area contributed by atoms with E-state index in [2.05, 4.69) is 4.98 Å². The van der Waals surface area contributed by atoms with Crippen molar-refractivity contribution in [3.05, 3.63) is 47.8 Å². The van der Waals surface area contributed by atoms with Crippen LogP contribution in [0.25, 0.3) is 10.9 Å². The van der Waals surface area contributed by atoms with Crippen molar-refractivity contribution < 1.29 is 23.9 Å². The Morgan fingerprint density at radius 1 is 1.32 bits per heavy atom. The van der Waals surface area contributed by atoms with Crippen molar-refractivity contribution in [3.63, 3.8) is 0 Å². The Kier molecular flexibility index (Phi) is 3.72. The van der Waals surface area contributed by atoms with Gasteiger partial charge in [-0.25, -0.2) is 13.8 Å². The highest BCUT2D eigenvalue weighted by molar-refractivity contribution is 6.44. The van der Waals surface area contributed by atoms with Crippen LogP contribution in [0.1, 0.15) is 6.42 Å². The second-order valence-electron chi connectivity index (χ2n) is 5.19. The number of nitrogens with zero attached hydrogens (tertiary/aromatic N) is 2. The zero-order valence-corrected chi connectivity index (χ0v) is 11.4. The van der Waals surface area contributed by atoms with Gasteiger partial charge in [0.05, 0.1) is 17.4 Å². The lowest BCUT2D eigenvalue weighted by Crippen LogP contribution is -2.22. The molecule has 0 aromatic carbocycles. The van der Waals surface area contributed by atoms with Crippen LogP contribution in [0.4, 0.5) is 8.78 Å². The smallest absolute Gasteiger partial charge is 0.459 e. The van der Waals surface area contributed by atoms with Gasteiger partial charge in [-0.05, 0) is 18.2 Å². The lowest BCUT2D eigenvalue weighted by Gasteiger charge is -2.19. The number of pyridine rings is 1. The number of halogens is 2. The third kappa shape index (κ3) is 2.51. The average Bonchev–Trinajstić information content (AvgIpc) is 2.87. The molecule has 0 aliphatic heterocycles. The third-order valence-corrected chi connectivity index (χ3v) is 3.78. The minimum Gasteiger partial charge on any atom is -0.493 e. The number of rotatable bonds is 3. The van der Waals surface area contributed by atoms with Crippen LogP contribution in [-0.4, -0.2) is 31.8 Å². The Labute approximate surface area is 125 Å². The lowest BCUT2D eigenvalue weighted by atomic mass is 9.68. The molecule has 0 spiro atoms. The van der Waals surface area contributed by atoms with Crippen LogP contribution in [0.3, 0.4) is 0 Å². The van der Waals surface area contributed by atoms with E-state index in [4.69, 9.17) is 10.0 Å². The van der Waals surface area contributed by atoms with E-state index in [1.54, 1.807) is 22.9 Å². The zero-order chi connectivity index (χ0) is 15.9. The van der Waals surface area contributed by atoms with Gasteiger partial charge in [0.15, 0.2) is 0 Å². The summed E-state index contributed by atoms with van der Waals surface area (Å²) in [5, 5.41) is 28.2. The van der Waals surface area contributed by atoms with Crippen LogP contribution < -0.4 is 0 Å². The van der Waals surface area contributed by atoms with Gasteiger partial charge >= 0.3 is 7.12 Å². The third-order valence-electron chi connectivity index (χ3n) is 3.78. The van der Waals surface area contributed by atoms with Crippen LogP contribution in [0.2, 0.25) is 5.82 Å². The molecule has 2 aromatic heterocycles. The van der Waals surface area contributed by atoms with Crippen LogP contribution >= 0.6 is 0 Å². The van der Waals surface area contributed by atoms with Gasteiger partial charge < -0.3 is 19.7 Å². The lowest BCUT2D eigenvalue weighted by molar-refractivity contribution is 0.384. The van der Waals surface area contributed by atoms with Crippen molar-refractivity contribution in [1.29, 1.82) is 0 Å². The summed E-state index contributed by atoms with van der Waals surface area (Å²) >= 11 is 0. The molecule has 1 atom stereocenters. The van der Waals surface area contributed by atoms with Gasteiger partial charge in [0.2, 0.25) is 5.88 Å². The molecular weight excluding hydrogens is 293 g/mol. The number of hydrogen-bond donors (Lipinski definition) is 3. The summed E-state index contributed by atoms with van der Waals surface area (Å²) < 4.78 is 29.7. The van der Waals surface area contributed by atoms with Gasteiger partial charge in [0.25, 0.3) is 0 Å². The molecule has 2 aromatic rings. The second kappa shape index (κ2) is 5.55. The van der Waals surface area contributed by atoms with Crippen molar-refractivity contribution >= 4 is 18.0 Å². The van der Waals surface area contributed by atoms with E-state index < -0.39 is 24.6 Å². The highest BCUT2D eigenvalue weighted by Gasteiger charge is 2.30. The molecule has 0 radical (unpaired) electrons.